The fraction of sp³-hybridized carbons (Fsp3) is 0.558. The van der Waals surface area contributed by atoms with Gasteiger partial charge in [0.15, 0.2) is 8.32 Å². The summed E-state index contributed by atoms with van der Waals surface area (Å²) in [6.07, 6.45) is 13.2. The zero-order valence-corrected chi connectivity index (χ0v) is 30.3. The van der Waals surface area contributed by atoms with Gasteiger partial charge in [-0.05, 0) is 136 Å². The van der Waals surface area contributed by atoms with Crippen LogP contribution in [0.1, 0.15) is 91.5 Å². The minimum atomic E-state index is -1.77. The highest BCUT2D eigenvalue weighted by Gasteiger charge is 2.60. The maximum atomic E-state index is 14.4. The molecule has 4 aliphatic rings. The van der Waals surface area contributed by atoms with E-state index in [0.717, 1.165) is 24.7 Å². The van der Waals surface area contributed by atoms with Crippen LogP contribution in [0.3, 0.4) is 0 Å². The van der Waals surface area contributed by atoms with E-state index in [4.69, 9.17) is 4.43 Å². The molecule has 0 bridgehead atoms. The lowest BCUT2D eigenvalue weighted by Gasteiger charge is -2.58. The molecule has 0 radical (unpaired) electrons. The zero-order valence-electron chi connectivity index (χ0n) is 29.3. The molecule has 0 spiro atoms. The van der Waals surface area contributed by atoms with E-state index in [2.05, 4.69) is 108 Å². The average Bonchev–Trinajstić information content (AvgIpc) is 3.37. The average molecular weight is 631 g/mol. The van der Waals surface area contributed by atoms with Crippen molar-refractivity contribution in [1.82, 2.24) is 0 Å². The standard InChI is InChI=1S/C43H54O2Si/c1-41(2,3)46(6,7)45-32-21-23-42(4)31(26-32)16-18-34-35-19-20-37(43(35,5)24-22-36(34)42)38(44)25-30-14-13-29-12-11-27-9-8-10-28-15-17-33(30)40(29)39(27)28/h8-17,32,34-37H,18-26H2,1-7H3/t32-,34-,35-,36-,37+,42-,43-/m0/s1. The van der Waals surface area contributed by atoms with Gasteiger partial charge in [0.25, 0.3) is 0 Å². The van der Waals surface area contributed by atoms with Crippen molar-refractivity contribution in [3.05, 3.63) is 71.8 Å². The van der Waals surface area contributed by atoms with Crippen molar-refractivity contribution in [2.75, 3.05) is 0 Å². The predicted molar refractivity (Wildman–Crippen MR) is 196 cm³/mol. The molecular weight excluding hydrogens is 577 g/mol. The summed E-state index contributed by atoms with van der Waals surface area (Å²) < 4.78 is 6.97. The first kappa shape index (κ1) is 30.8. The molecule has 0 N–H and O–H groups in total. The zero-order chi connectivity index (χ0) is 32.2. The molecular formula is C43H54O2Si. The van der Waals surface area contributed by atoms with Crippen molar-refractivity contribution in [3.8, 4) is 0 Å². The molecule has 46 heavy (non-hydrogen) atoms. The van der Waals surface area contributed by atoms with Crippen molar-refractivity contribution < 1.29 is 9.22 Å². The van der Waals surface area contributed by atoms with Gasteiger partial charge in [0.05, 0.1) is 0 Å². The van der Waals surface area contributed by atoms with Gasteiger partial charge in [-0.3, -0.25) is 4.79 Å². The molecule has 4 aliphatic carbocycles. The topological polar surface area (TPSA) is 26.3 Å². The molecule has 3 heteroatoms. The van der Waals surface area contributed by atoms with Gasteiger partial charge >= 0.3 is 0 Å². The molecule has 2 nitrogen and oxygen atoms in total. The Morgan fingerprint density at radius 3 is 2.28 bits per heavy atom. The van der Waals surface area contributed by atoms with E-state index in [0.29, 0.717) is 29.6 Å². The lowest BCUT2D eigenvalue weighted by atomic mass is 9.47. The van der Waals surface area contributed by atoms with E-state index in [1.54, 1.807) is 5.57 Å². The van der Waals surface area contributed by atoms with Crippen LogP contribution in [0.2, 0.25) is 18.1 Å². The third-order valence-corrected chi connectivity index (χ3v) is 19.2. The predicted octanol–water partition coefficient (Wildman–Crippen LogP) is 11.7. The summed E-state index contributed by atoms with van der Waals surface area (Å²) in [6.45, 7) is 17.0. The highest BCUT2D eigenvalue weighted by molar-refractivity contribution is 6.74. The summed E-state index contributed by atoms with van der Waals surface area (Å²) in [5.41, 5.74) is 3.35. The number of hydrogen-bond acceptors (Lipinski definition) is 2. The van der Waals surface area contributed by atoms with E-state index in [1.165, 1.54) is 76.4 Å². The first-order chi connectivity index (χ1) is 21.8. The minimum absolute atomic E-state index is 0.131. The van der Waals surface area contributed by atoms with Crippen molar-refractivity contribution >= 4 is 46.4 Å². The van der Waals surface area contributed by atoms with E-state index in [1.807, 2.05) is 0 Å². The molecule has 0 aliphatic heterocycles. The van der Waals surface area contributed by atoms with Crippen molar-refractivity contribution in [2.45, 2.75) is 117 Å². The SMILES string of the molecule is CC(C)(C)[Si](C)(C)O[C@H]1CC[C@@]2(C)C(=CC[C@H]3[C@@H]4CC[C@H](C(=O)Cc5ccc6ccc7cccc8ccc5c6c78)[C@@]4(C)CC[C@@H]32)C1. The van der Waals surface area contributed by atoms with E-state index < -0.39 is 8.32 Å². The normalized spacial score (nSPS) is 33.2. The number of carbonyl (C=O) groups is 1. The number of carbonyl (C=O) groups excluding carboxylic acids is 1. The lowest BCUT2D eigenvalue weighted by Crippen LogP contribution is -2.52. The molecule has 242 valence electrons. The third kappa shape index (κ3) is 4.54. The summed E-state index contributed by atoms with van der Waals surface area (Å²) >= 11 is 0. The number of allylic oxidation sites excluding steroid dienone is 1. The van der Waals surface area contributed by atoms with Gasteiger partial charge in [-0.2, -0.15) is 0 Å². The van der Waals surface area contributed by atoms with Crippen LogP contribution < -0.4 is 0 Å². The Balaban J connectivity index is 1.02. The smallest absolute Gasteiger partial charge is 0.192 e. The van der Waals surface area contributed by atoms with Gasteiger partial charge in [0.2, 0.25) is 0 Å². The number of rotatable bonds is 5. The molecule has 0 heterocycles. The molecule has 0 saturated heterocycles. The first-order valence-corrected chi connectivity index (χ1v) is 21.3. The fourth-order valence-corrected chi connectivity index (χ4v) is 12.5. The first-order valence-electron chi connectivity index (χ1n) is 18.4. The van der Waals surface area contributed by atoms with Crippen molar-refractivity contribution in [1.29, 1.82) is 0 Å². The molecule has 3 fully saturated rings. The molecule has 4 aromatic rings. The Bertz CT molecular complexity index is 1840. The monoisotopic (exact) mass is 630 g/mol. The van der Waals surface area contributed by atoms with Crippen molar-refractivity contribution in [3.63, 3.8) is 0 Å². The highest BCUT2D eigenvalue weighted by Crippen LogP contribution is 2.66. The van der Waals surface area contributed by atoms with Crippen LogP contribution >= 0.6 is 0 Å². The summed E-state index contributed by atoms with van der Waals surface area (Å²) in [6, 6.07) is 20.1. The third-order valence-electron chi connectivity index (χ3n) is 14.7. The number of fused-ring (bicyclic) bond motifs is 5. The molecule has 0 amide bonds. The highest BCUT2D eigenvalue weighted by atomic mass is 28.4. The molecule has 8 rings (SSSR count). The van der Waals surface area contributed by atoms with Gasteiger partial charge in [-0.25, -0.2) is 0 Å². The Morgan fingerprint density at radius 2 is 1.54 bits per heavy atom. The largest absolute Gasteiger partial charge is 0.414 e. The van der Waals surface area contributed by atoms with Crippen LogP contribution in [-0.4, -0.2) is 20.2 Å². The molecule has 7 atom stereocenters. The van der Waals surface area contributed by atoms with Crippen LogP contribution in [0.4, 0.5) is 0 Å². The van der Waals surface area contributed by atoms with E-state index >= 15 is 0 Å². The van der Waals surface area contributed by atoms with Gasteiger partial charge in [0.1, 0.15) is 5.78 Å². The van der Waals surface area contributed by atoms with Gasteiger partial charge in [-0.15, -0.1) is 0 Å². The summed E-state index contributed by atoms with van der Waals surface area (Å²) in [5.74, 6) is 2.81. The Hall–Kier alpha value is -2.49. The summed E-state index contributed by atoms with van der Waals surface area (Å²) in [4.78, 5) is 14.4. The summed E-state index contributed by atoms with van der Waals surface area (Å²) in [7, 11) is -1.77. The number of benzene rings is 4. The van der Waals surface area contributed by atoms with Crippen LogP contribution in [0.25, 0.3) is 32.3 Å². The fourth-order valence-electron chi connectivity index (χ4n) is 11.1. The summed E-state index contributed by atoms with van der Waals surface area (Å²) in [5, 5.41) is 8.06. The lowest BCUT2D eigenvalue weighted by molar-refractivity contribution is -0.129. The van der Waals surface area contributed by atoms with Crippen molar-refractivity contribution in [2.24, 2.45) is 34.5 Å². The molecule has 0 aromatic heterocycles. The van der Waals surface area contributed by atoms with E-state index in [-0.39, 0.29) is 16.4 Å². The Kier molecular flexibility index (Phi) is 7.04. The number of hydrogen-bond donors (Lipinski definition) is 0. The Morgan fingerprint density at radius 1 is 0.848 bits per heavy atom. The second-order valence-corrected chi connectivity index (χ2v) is 22.7. The van der Waals surface area contributed by atoms with Gasteiger partial charge < -0.3 is 4.43 Å². The molecule has 3 saturated carbocycles. The second kappa shape index (κ2) is 10.5. The minimum Gasteiger partial charge on any atom is -0.414 e. The van der Waals surface area contributed by atoms with Gasteiger partial charge in [-0.1, -0.05) is 101 Å². The maximum Gasteiger partial charge on any atom is 0.192 e. The van der Waals surface area contributed by atoms with E-state index in [9.17, 15) is 4.79 Å². The van der Waals surface area contributed by atoms with Crippen LogP contribution in [-0.2, 0) is 15.6 Å². The number of ketones is 1. The molecule has 4 aromatic carbocycles. The van der Waals surface area contributed by atoms with Crippen LogP contribution in [0, 0.1) is 34.5 Å². The maximum absolute atomic E-state index is 14.4. The quantitative estimate of drug-likeness (QED) is 0.125. The van der Waals surface area contributed by atoms with Gasteiger partial charge in [0, 0.05) is 18.4 Å². The van der Waals surface area contributed by atoms with Crippen LogP contribution in [0.5, 0.6) is 0 Å². The number of Topliss-reactive ketones (excluding diaryl/α,β-unsaturated/α-hetero) is 1. The second-order valence-electron chi connectivity index (χ2n) is 17.9. The van der Waals surface area contributed by atoms with Crippen LogP contribution in [0.15, 0.2) is 66.2 Å². The molecule has 0 unspecified atom stereocenters. The Labute approximate surface area is 277 Å².